The standard InChI is InChI=1S/C13H26O2/c1-10(2)9-14-15-12-6-11(3)7-13(4,5)8-12/h10-12H,6-9H2,1-5H3. The summed E-state index contributed by atoms with van der Waals surface area (Å²) in [7, 11) is 0. The lowest BCUT2D eigenvalue weighted by atomic mass is 9.71. The van der Waals surface area contributed by atoms with Crippen molar-refractivity contribution >= 4 is 0 Å². The third-order valence-electron chi connectivity index (χ3n) is 2.95. The van der Waals surface area contributed by atoms with Crippen LogP contribution in [0.2, 0.25) is 0 Å². The molecule has 2 atom stereocenters. The van der Waals surface area contributed by atoms with Crippen LogP contribution in [-0.4, -0.2) is 12.7 Å². The molecule has 0 aromatic rings. The zero-order valence-electron chi connectivity index (χ0n) is 10.9. The van der Waals surface area contributed by atoms with Crippen LogP contribution in [0.25, 0.3) is 0 Å². The lowest BCUT2D eigenvalue weighted by Crippen LogP contribution is -2.32. The quantitative estimate of drug-likeness (QED) is 0.523. The fourth-order valence-electron chi connectivity index (χ4n) is 2.60. The van der Waals surface area contributed by atoms with Crippen LogP contribution in [0.4, 0.5) is 0 Å². The fourth-order valence-corrected chi connectivity index (χ4v) is 2.60. The molecule has 0 aromatic carbocycles. The SMILES string of the molecule is CC(C)COOC1CC(C)CC(C)(C)C1. The molecule has 90 valence electrons. The van der Waals surface area contributed by atoms with Crippen molar-refractivity contribution < 1.29 is 9.78 Å². The average molecular weight is 214 g/mol. The van der Waals surface area contributed by atoms with Crippen molar-refractivity contribution in [2.45, 2.75) is 60.0 Å². The predicted molar refractivity (Wildman–Crippen MR) is 62.5 cm³/mol. The summed E-state index contributed by atoms with van der Waals surface area (Å²) in [6, 6.07) is 0. The fraction of sp³-hybridized carbons (Fsp3) is 1.00. The smallest absolute Gasteiger partial charge is 0.0937 e. The van der Waals surface area contributed by atoms with Crippen molar-refractivity contribution in [2.24, 2.45) is 17.3 Å². The Morgan fingerprint density at radius 2 is 1.93 bits per heavy atom. The monoisotopic (exact) mass is 214 g/mol. The Morgan fingerprint density at radius 3 is 2.47 bits per heavy atom. The molecule has 1 saturated carbocycles. The Bertz CT molecular complexity index is 187. The molecule has 0 saturated heterocycles. The molecule has 0 aliphatic heterocycles. The number of hydrogen-bond donors (Lipinski definition) is 0. The zero-order valence-corrected chi connectivity index (χ0v) is 10.9. The Kier molecular flexibility index (Phi) is 4.60. The normalized spacial score (nSPS) is 30.8. The van der Waals surface area contributed by atoms with Crippen molar-refractivity contribution in [1.29, 1.82) is 0 Å². The van der Waals surface area contributed by atoms with Crippen LogP contribution in [0.1, 0.15) is 53.9 Å². The van der Waals surface area contributed by atoms with E-state index in [0.717, 1.165) is 18.8 Å². The van der Waals surface area contributed by atoms with Gasteiger partial charge in [-0.3, -0.25) is 0 Å². The third kappa shape index (κ3) is 4.98. The maximum Gasteiger partial charge on any atom is 0.0937 e. The van der Waals surface area contributed by atoms with Crippen LogP contribution in [0.5, 0.6) is 0 Å². The highest BCUT2D eigenvalue weighted by molar-refractivity contribution is 4.82. The van der Waals surface area contributed by atoms with Gasteiger partial charge in [-0.05, 0) is 36.5 Å². The van der Waals surface area contributed by atoms with Gasteiger partial charge in [0.05, 0.1) is 12.7 Å². The molecule has 2 nitrogen and oxygen atoms in total. The van der Waals surface area contributed by atoms with Gasteiger partial charge in [0.1, 0.15) is 0 Å². The molecular weight excluding hydrogens is 188 g/mol. The molecule has 0 bridgehead atoms. The van der Waals surface area contributed by atoms with E-state index in [0.29, 0.717) is 24.0 Å². The molecule has 2 unspecified atom stereocenters. The molecule has 0 spiro atoms. The Labute approximate surface area is 94.3 Å². The van der Waals surface area contributed by atoms with Gasteiger partial charge in [-0.1, -0.05) is 34.6 Å². The summed E-state index contributed by atoms with van der Waals surface area (Å²) in [4.78, 5) is 10.8. The Balaban J connectivity index is 2.29. The van der Waals surface area contributed by atoms with Gasteiger partial charge in [0, 0.05) is 0 Å². The first-order chi connectivity index (χ1) is 6.89. The summed E-state index contributed by atoms with van der Waals surface area (Å²) in [5.74, 6) is 1.29. The molecule has 0 amide bonds. The van der Waals surface area contributed by atoms with Gasteiger partial charge < -0.3 is 0 Å². The minimum atomic E-state index is 0.294. The zero-order chi connectivity index (χ0) is 11.5. The van der Waals surface area contributed by atoms with E-state index in [2.05, 4.69) is 34.6 Å². The second-order valence-electron chi connectivity index (χ2n) is 6.31. The van der Waals surface area contributed by atoms with Gasteiger partial charge in [-0.25, -0.2) is 9.78 Å². The second-order valence-corrected chi connectivity index (χ2v) is 6.31. The topological polar surface area (TPSA) is 18.5 Å². The first-order valence-electron chi connectivity index (χ1n) is 6.17. The summed E-state index contributed by atoms with van der Waals surface area (Å²) in [6.07, 6.45) is 3.86. The number of rotatable bonds is 4. The van der Waals surface area contributed by atoms with E-state index < -0.39 is 0 Å². The minimum absolute atomic E-state index is 0.294. The van der Waals surface area contributed by atoms with Crippen molar-refractivity contribution in [3.63, 3.8) is 0 Å². The van der Waals surface area contributed by atoms with Crippen molar-refractivity contribution in [3.05, 3.63) is 0 Å². The largest absolute Gasteiger partial charge is 0.236 e. The summed E-state index contributed by atoms with van der Waals surface area (Å²) in [6.45, 7) is 11.9. The summed E-state index contributed by atoms with van der Waals surface area (Å²) in [5, 5.41) is 0. The molecule has 0 N–H and O–H groups in total. The predicted octanol–water partition coefficient (Wildman–Crippen LogP) is 3.81. The average Bonchev–Trinajstić information content (AvgIpc) is 1.98. The maximum atomic E-state index is 5.50. The van der Waals surface area contributed by atoms with Crippen LogP contribution in [0, 0.1) is 17.3 Å². The molecule has 2 heteroatoms. The molecule has 15 heavy (non-hydrogen) atoms. The van der Waals surface area contributed by atoms with Gasteiger partial charge in [0.25, 0.3) is 0 Å². The van der Waals surface area contributed by atoms with Crippen LogP contribution in [0.15, 0.2) is 0 Å². The Morgan fingerprint density at radius 1 is 1.27 bits per heavy atom. The lowest BCUT2D eigenvalue weighted by Gasteiger charge is -2.38. The minimum Gasteiger partial charge on any atom is -0.236 e. The maximum absolute atomic E-state index is 5.50. The molecule has 0 aromatic heterocycles. The van der Waals surface area contributed by atoms with E-state index in [4.69, 9.17) is 9.78 Å². The summed E-state index contributed by atoms with van der Waals surface area (Å²) >= 11 is 0. The van der Waals surface area contributed by atoms with E-state index >= 15 is 0 Å². The van der Waals surface area contributed by atoms with Gasteiger partial charge in [0.15, 0.2) is 0 Å². The molecule has 0 heterocycles. The van der Waals surface area contributed by atoms with Gasteiger partial charge in [-0.15, -0.1) is 0 Å². The van der Waals surface area contributed by atoms with Crippen molar-refractivity contribution in [1.82, 2.24) is 0 Å². The molecule has 1 aliphatic rings. The molecule has 0 radical (unpaired) electrons. The van der Waals surface area contributed by atoms with Crippen LogP contribution in [0.3, 0.4) is 0 Å². The van der Waals surface area contributed by atoms with Crippen LogP contribution in [-0.2, 0) is 9.78 Å². The highest BCUT2D eigenvalue weighted by Gasteiger charge is 2.33. The second kappa shape index (κ2) is 5.31. The summed E-state index contributed by atoms with van der Waals surface area (Å²) in [5.41, 5.74) is 0.406. The molecule has 1 rings (SSSR count). The summed E-state index contributed by atoms with van der Waals surface area (Å²) < 4.78 is 0. The van der Waals surface area contributed by atoms with Gasteiger partial charge in [-0.2, -0.15) is 0 Å². The lowest BCUT2D eigenvalue weighted by molar-refractivity contribution is -0.339. The van der Waals surface area contributed by atoms with Crippen LogP contribution >= 0.6 is 0 Å². The van der Waals surface area contributed by atoms with Gasteiger partial charge >= 0.3 is 0 Å². The van der Waals surface area contributed by atoms with Gasteiger partial charge in [0.2, 0.25) is 0 Å². The van der Waals surface area contributed by atoms with E-state index in [9.17, 15) is 0 Å². The first-order valence-corrected chi connectivity index (χ1v) is 6.17. The van der Waals surface area contributed by atoms with Crippen molar-refractivity contribution in [3.8, 4) is 0 Å². The van der Waals surface area contributed by atoms with E-state index in [1.165, 1.54) is 6.42 Å². The van der Waals surface area contributed by atoms with Crippen molar-refractivity contribution in [2.75, 3.05) is 6.61 Å². The van der Waals surface area contributed by atoms with E-state index in [1.54, 1.807) is 0 Å². The molecular formula is C13H26O2. The number of hydrogen-bond acceptors (Lipinski definition) is 2. The van der Waals surface area contributed by atoms with Crippen LogP contribution < -0.4 is 0 Å². The highest BCUT2D eigenvalue weighted by Crippen LogP contribution is 2.39. The first kappa shape index (κ1) is 13.0. The molecule has 1 fully saturated rings. The third-order valence-corrected chi connectivity index (χ3v) is 2.95. The highest BCUT2D eigenvalue weighted by atomic mass is 17.2. The van der Waals surface area contributed by atoms with E-state index in [-0.39, 0.29) is 0 Å². The molecule has 1 aliphatic carbocycles. The Hall–Kier alpha value is -0.0800. The van der Waals surface area contributed by atoms with E-state index in [1.807, 2.05) is 0 Å².